The molecule has 144 valence electrons. The van der Waals surface area contributed by atoms with Crippen LogP contribution in [0, 0.1) is 5.82 Å². The Morgan fingerprint density at radius 2 is 1.71 bits per heavy atom. The average molecular weight is 390 g/mol. The van der Waals surface area contributed by atoms with Crippen LogP contribution in [0.15, 0.2) is 71.7 Å². The number of carbonyl (C=O) groups is 1. The van der Waals surface area contributed by atoms with Gasteiger partial charge in [-0.3, -0.25) is 9.59 Å². The van der Waals surface area contributed by atoms with E-state index in [2.05, 4.69) is 5.32 Å². The second-order valence-electron chi connectivity index (χ2n) is 6.01. The first kappa shape index (κ1) is 19.3. The minimum absolute atomic E-state index is 0.00193. The first-order valence-electron chi connectivity index (χ1n) is 8.16. The Bertz CT molecular complexity index is 1060. The molecule has 0 radical (unpaired) electrons. The molecule has 3 rings (SSSR count). The number of hydrogen-bond donors (Lipinski definition) is 1. The van der Waals surface area contributed by atoms with Gasteiger partial charge in [-0.1, -0.05) is 18.2 Å². The van der Waals surface area contributed by atoms with Gasteiger partial charge in [-0.15, -0.1) is 0 Å². The van der Waals surface area contributed by atoms with E-state index < -0.39 is 29.0 Å². The molecular formula is C20H14F4N2O2. The Labute approximate surface area is 157 Å². The summed E-state index contributed by atoms with van der Waals surface area (Å²) < 4.78 is 52.3. The standard InChI is InChI=1S/C20H14F4N2O2/c21-15-3-1-4-16(11-15)25-18(27)17-5-2-10-26(19(17)28)12-13-6-8-14(9-7-13)20(22,23)24/h1-11H,12H2,(H,25,27). The number of halogens is 4. The lowest BCUT2D eigenvalue weighted by molar-refractivity contribution is -0.137. The van der Waals surface area contributed by atoms with Crippen LogP contribution in [0.1, 0.15) is 21.5 Å². The normalized spacial score (nSPS) is 11.3. The number of alkyl halides is 3. The number of benzene rings is 2. The Morgan fingerprint density at radius 1 is 1.00 bits per heavy atom. The maximum absolute atomic E-state index is 13.2. The number of hydrogen-bond acceptors (Lipinski definition) is 2. The zero-order chi connectivity index (χ0) is 20.3. The fourth-order valence-corrected chi connectivity index (χ4v) is 2.59. The van der Waals surface area contributed by atoms with Crippen molar-refractivity contribution in [2.24, 2.45) is 0 Å². The summed E-state index contributed by atoms with van der Waals surface area (Å²) in [6, 6.07) is 12.4. The van der Waals surface area contributed by atoms with Gasteiger partial charge in [0.15, 0.2) is 0 Å². The first-order chi connectivity index (χ1) is 13.2. The Kier molecular flexibility index (Phi) is 5.30. The number of rotatable bonds is 4. The van der Waals surface area contributed by atoms with Crippen molar-refractivity contribution in [1.29, 1.82) is 0 Å². The molecule has 1 heterocycles. The number of nitrogens with zero attached hydrogens (tertiary/aromatic N) is 1. The van der Waals surface area contributed by atoms with E-state index in [4.69, 9.17) is 0 Å². The van der Waals surface area contributed by atoms with Gasteiger partial charge in [-0.2, -0.15) is 13.2 Å². The van der Waals surface area contributed by atoms with Crippen LogP contribution >= 0.6 is 0 Å². The molecule has 2 aromatic carbocycles. The van der Waals surface area contributed by atoms with E-state index in [-0.39, 0.29) is 17.8 Å². The third kappa shape index (κ3) is 4.46. The zero-order valence-electron chi connectivity index (χ0n) is 14.3. The predicted molar refractivity (Wildman–Crippen MR) is 95.6 cm³/mol. The molecule has 0 spiro atoms. The largest absolute Gasteiger partial charge is 0.416 e. The van der Waals surface area contributed by atoms with E-state index in [0.29, 0.717) is 5.56 Å². The lowest BCUT2D eigenvalue weighted by Gasteiger charge is -2.10. The number of anilines is 1. The quantitative estimate of drug-likeness (QED) is 0.675. The molecule has 0 unspecified atom stereocenters. The number of amides is 1. The summed E-state index contributed by atoms with van der Waals surface area (Å²) in [6.45, 7) is -0.00193. The Hall–Kier alpha value is -3.42. The Balaban J connectivity index is 1.81. The van der Waals surface area contributed by atoms with Gasteiger partial charge in [0.2, 0.25) is 0 Å². The van der Waals surface area contributed by atoms with E-state index >= 15 is 0 Å². The summed E-state index contributed by atoms with van der Waals surface area (Å²) in [5.74, 6) is -1.25. The fourth-order valence-electron chi connectivity index (χ4n) is 2.59. The SMILES string of the molecule is O=C(Nc1cccc(F)c1)c1cccn(Cc2ccc(C(F)(F)F)cc2)c1=O. The zero-order valence-corrected chi connectivity index (χ0v) is 14.3. The smallest absolute Gasteiger partial charge is 0.322 e. The van der Waals surface area contributed by atoms with E-state index in [0.717, 1.165) is 18.2 Å². The molecule has 0 aliphatic carbocycles. The summed E-state index contributed by atoms with van der Waals surface area (Å²) in [4.78, 5) is 24.9. The average Bonchev–Trinajstić information content (AvgIpc) is 2.63. The van der Waals surface area contributed by atoms with E-state index in [1.807, 2.05) is 0 Å². The first-order valence-corrected chi connectivity index (χ1v) is 8.16. The molecule has 1 amide bonds. The lowest BCUT2D eigenvalue weighted by Crippen LogP contribution is -2.29. The topological polar surface area (TPSA) is 51.1 Å². The van der Waals surface area contributed by atoms with Crippen molar-refractivity contribution < 1.29 is 22.4 Å². The van der Waals surface area contributed by atoms with E-state index in [1.165, 1.54) is 53.2 Å². The van der Waals surface area contributed by atoms with Crippen LogP contribution < -0.4 is 10.9 Å². The molecule has 0 bridgehead atoms. The second-order valence-corrected chi connectivity index (χ2v) is 6.01. The highest BCUT2D eigenvalue weighted by atomic mass is 19.4. The van der Waals surface area contributed by atoms with Gasteiger partial charge in [0.05, 0.1) is 12.1 Å². The number of aromatic nitrogens is 1. The maximum atomic E-state index is 13.2. The summed E-state index contributed by atoms with van der Waals surface area (Å²) in [5.41, 5.74) is -0.901. The molecule has 1 aromatic heterocycles. The van der Waals surface area contributed by atoms with E-state index in [9.17, 15) is 27.2 Å². The van der Waals surface area contributed by atoms with Crippen molar-refractivity contribution in [1.82, 2.24) is 4.57 Å². The van der Waals surface area contributed by atoms with Crippen LogP contribution in [0.3, 0.4) is 0 Å². The molecule has 0 saturated heterocycles. The van der Waals surface area contributed by atoms with Gasteiger partial charge in [-0.05, 0) is 48.0 Å². The van der Waals surface area contributed by atoms with Crippen molar-refractivity contribution in [3.8, 4) is 0 Å². The van der Waals surface area contributed by atoms with Crippen LogP contribution in [-0.4, -0.2) is 10.5 Å². The van der Waals surface area contributed by atoms with Crippen LogP contribution in [0.25, 0.3) is 0 Å². The molecular weight excluding hydrogens is 376 g/mol. The van der Waals surface area contributed by atoms with Gasteiger partial charge in [0.25, 0.3) is 11.5 Å². The van der Waals surface area contributed by atoms with Gasteiger partial charge in [-0.25, -0.2) is 4.39 Å². The van der Waals surface area contributed by atoms with Crippen molar-refractivity contribution in [2.75, 3.05) is 5.32 Å². The molecule has 0 aliphatic heterocycles. The summed E-state index contributed by atoms with van der Waals surface area (Å²) in [6.07, 6.45) is -3.01. The molecule has 3 aromatic rings. The maximum Gasteiger partial charge on any atom is 0.416 e. The lowest BCUT2D eigenvalue weighted by atomic mass is 10.1. The van der Waals surface area contributed by atoms with Gasteiger partial charge in [0.1, 0.15) is 11.4 Å². The van der Waals surface area contributed by atoms with Crippen LogP contribution in [0.5, 0.6) is 0 Å². The highest BCUT2D eigenvalue weighted by Gasteiger charge is 2.29. The van der Waals surface area contributed by atoms with Crippen LogP contribution in [0.4, 0.5) is 23.2 Å². The number of pyridine rings is 1. The third-order valence-electron chi connectivity index (χ3n) is 3.98. The number of carbonyl (C=O) groups excluding carboxylic acids is 1. The van der Waals surface area contributed by atoms with Crippen molar-refractivity contribution in [3.05, 3.63) is 99.7 Å². The summed E-state index contributed by atoms with van der Waals surface area (Å²) in [5, 5.41) is 2.44. The molecule has 0 atom stereocenters. The van der Waals surface area contributed by atoms with Crippen LogP contribution in [-0.2, 0) is 12.7 Å². The van der Waals surface area contributed by atoms with E-state index in [1.54, 1.807) is 0 Å². The summed E-state index contributed by atoms with van der Waals surface area (Å²) >= 11 is 0. The molecule has 8 heteroatoms. The minimum Gasteiger partial charge on any atom is -0.322 e. The summed E-state index contributed by atoms with van der Waals surface area (Å²) in [7, 11) is 0. The molecule has 0 saturated carbocycles. The monoisotopic (exact) mass is 390 g/mol. The van der Waals surface area contributed by atoms with Crippen LogP contribution in [0.2, 0.25) is 0 Å². The second kappa shape index (κ2) is 7.67. The highest BCUT2D eigenvalue weighted by Crippen LogP contribution is 2.29. The molecule has 4 nitrogen and oxygen atoms in total. The highest BCUT2D eigenvalue weighted by molar-refractivity contribution is 6.03. The minimum atomic E-state index is -4.44. The van der Waals surface area contributed by atoms with Gasteiger partial charge >= 0.3 is 6.18 Å². The molecule has 0 fully saturated rings. The predicted octanol–water partition coefficient (Wildman–Crippen LogP) is 4.31. The molecule has 1 N–H and O–H groups in total. The van der Waals surface area contributed by atoms with Gasteiger partial charge < -0.3 is 9.88 Å². The van der Waals surface area contributed by atoms with Crippen molar-refractivity contribution in [2.45, 2.75) is 12.7 Å². The Morgan fingerprint density at radius 3 is 2.36 bits per heavy atom. The third-order valence-corrected chi connectivity index (χ3v) is 3.98. The molecule has 0 aliphatic rings. The van der Waals surface area contributed by atoms with Crippen molar-refractivity contribution >= 4 is 11.6 Å². The molecule has 28 heavy (non-hydrogen) atoms. The number of nitrogens with one attached hydrogen (secondary N) is 1. The van der Waals surface area contributed by atoms with Gasteiger partial charge in [0, 0.05) is 11.9 Å². The van der Waals surface area contributed by atoms with Crippen molar-refractivity contribution in [3.63, 3.8) is 0 Å². The fraction of sp³-hybridized carbons (Fsp3) is 0.100.